The van der Waals surface area contributed by atoms with Crippen LogP contribution in [0.4, 0.5) is 11.4 Å². The van der Waals surface area contributed by atoms with Gasteiger partial charge in [0.25, 0.3) is 5.69 Å². The Balaban J connectivity index is 1.35. The van der Waals surface area contributed by atoms with Crippen molar-refractivity contribution < 1.29 is 14.4 Å². The Morgan fingerprint density at radius 3 is 2.57 bits per heavy atom. The standard InChI is InChI=1S/C28H17N3O4/c32-26-11-7-19-14-22(31(33)34)9-10-23(19)24(26)16-29-21-8-12-27-25(15-21)30-28(35-27)20-6-5-17-3-1-2-4-18(17)13-20/h1-16,32H. The molecule has 0 amide bonds. The number of nitro benzene ring substituents is 1. The molecule has 6 rings (SSSR count). The Hall–Kier alpha value is -5.04. The molecule has 0 saturated carbocycles. The number of aromatic nitrogens is 1. The third-order valence-corrected chi connectivity index (χ3v) is 5.94. The summed E-state index contributed by atoms with van der Waals surface area (Å²) in [5.74, 6) is 0.566. The topological polar surface area (TPSA) is 102 Å². The fourth-order valence-corrected chi connectivity index (χ4v) is 4.16. The minimum atomic E-state index is -0.445. The Morgan fingerprint density at radius 1 is 0.886 bits per heavy atom. The molecule has 0 aliphatic heterocycles. The molecule has 0 aliphatic carbocycles. The average molecular weight is 459 g/mol. The lowest BCUT2D eigenvalue weighted by Gasteiger charge is -2.05. The molecule has 6 aromatic rings. The van der Waals surface area contributed by atoms with Crippen LogP contribution in [-0.4, -0.2) is 21.2 Å². The van der Waals surface area contributed by atoms with Crippen molar-refractivity contribution >= 4 is 50.2 Å². The van der Waals surface area contributed by atoms with Crippen molar-refractivity contribution in [2.24, 2.45) is 4.99 Å². The number of rotatable bonds is 4. The zero-order valence-corrected chi connectivity index (χ0v) is 18.3. The molecule has 1 aromatic heterocycles. The van der Waals surface area contributed by atoms with Crippen molar-refractivity contribution in [3.8, 4) is 17.2 Å². The van der Waals surface area contributed by atoms with Gasteiger partial charge in [-0.25, -0.2) is 4.98 Å². The van der Waals surface area contributed by atoms with Gasteiger partial charge in [0.2, 0.25) is 5.89 Å². The van der Waals surface area contributed by atoms with Gasteiger partial charge >= 0.3 is 0 Å². The molecular formula is C28H17N3O4. The number of aliphatic imine (C=N–C) groups is 1. The molecule has 35 heavy (non-hydrogen) atoms. The van der Waals surface area contributed by atoms with Crippen LogP contribution in [0.25, 0.3) is 44.1 Å². The third-order valence-electron chi connectivity index (χ3n) is 5.94. The maximum Gasteiger partial charge on any atom is 0.270 e. The summed E-state index contributed by atoms with van der Waals surface area (Å²) in [6, 6.07) is 27.3. The number of non-ortho nitro benzene ring substituents is 1. The van der Waals surface area contributed by atoms with Crippen LogP contribution in [0.2, 0.25) is 0 Å². The van der Waals surface area contributed by atoms with Gasteiger partial charge < -0.3 is 9.52 Å². The van der Waals surface area contributed by atoms with Gasteiger partial charge in [0.05, 0.1) is 10.6 Å². The highest BCUT2D eigenvalue weighted by atomic mass is 16.6. The SMILES string of the molecule is O=[N+]([O-])c1ccc2c(C=Nc3ccc4oc(-c5ccc6ccccc6c5)nc4c3)c(O)ccc2c1. The van der Waals surface area contributed by atoms with E-state index in [0.29, 0.717) is 39.0 Å². The molecule has 1 N–H and O–H groups in total. The molecule has 0 atom stereocenters. The van der Waals surface area contributed by atoms with E-state index in [1.807, 2.05) is 42.5 Å². The van der Waals surface area contributed by atoms with Crippen molar-refractivity contribution in [3.05, 3.63) is 107 Å². The number of hydrogen-bond donors (Lipinski definition) is 1. The van der Waals surface area contributed by atoms with E-state index in [2.05, 4.69) is 22.1 Å². The molecule has 0 bridgehead atoms. The van der Waals surface area contributed by atoms with Gasteiger partial charge in [-0.3, -0.25) is 15.1 Å². The average Bonchev–Trinajstić information content (AvgIpc) is 3.31. The van der Waals surface area contributed by atoms with Crippen molar-refractivity contribution in [1.82, 2.24) is 4.98 Å². The highest BCUT2D eigenvalue weighted by molar-refractivity contribution is 6.03. The van der Waals surface area contributed by atoms with Gasteiger partial charge in [0, 0.05) is 29.5 Å². The van der Waals surface area contributed by atoms with E-state index in [1.165, 1.54) is 18.2 Å². The molecular weight excluding hydrogens is 442 g/mol. The monoisotopic (exact) mass is 459 g/mol. The fourth-order valence-electron chi connectivity index (χ4n) is 4.16. The molecule has 0 fully saturated rings. The normalized spacial score (nSPS) is 11.7. The molecule has 5 aromatic carbocycles. The number of oxazole rings is 1. The number of aromatic hydroxyl groups is 1. The Kier molecular flexibility index (Phi) is 4.74. The van der Waals surface area contributed by atoms with Crippen LogP contribution in [0.5, 0.6) is 5.75 Å². The Morgan fingerprint density at radius 2 is 1.71 bits per heavy atom. The summed E-state index contributed by atoms with van der Waals surface area (Å²) in [5.41, 5.74) is 3.31. The highest BCUT2D eigenvalue weighted by Crippen LogP contribution is 2.31. The number of fused-ring (bicyclic) bond motifs is 3. The zero-order chi connectivity index (χ0) is 23.9. The van der Waals surface area contributed by atoms with E-state index >= 15 is 0 Å². The minimum Gasteiger partial charge on any atom is -0.507 e. The zero-order valence-electron chi connectivity index (χ0n) is 18.3. The van der Waals surface area contributed by atoms with E-state index in [1.54, 1.807) is 24.4 Å². The van der Waals surface area contributed by atoms with Gasteiger partial charge in [-0.1, -0.05) is 36.4 Å². The van der Waals surface area contributed by atoms with E-state index in [9.17, 15) is 15.2 Å². The second-order valence-electron chi connectivity index (χ2n) is 8.15. The van der Waals surface area contributed by atoms with E-state index in [4.69, 9.17) is 4.42 Å². The maximum atomic E-state index is 11.1. The van der Waals surface area contributed by atoms with Crippen molar-refractivity contribution in [3.63, 3.8) is 0 Å². The second kappa shape index (κ2) is 8.07. The van der Waals surface area contributed by atoms with Crippen LogP contribution >= 0.6 is 0 Å². The van der Waals surface area contributed by atoms with Gasteiger partial charge in [-0.15, -0.1) is 0 Å². The second-order valence-corrected chi connectivity index (χ2v) is 8.15. The van der Waals surface area contributed by atoms with Crippen LogP contribution < -0.4 is 0 Å². The van der Waals surface area contributed by atoms with Crippen molar-refractivity contribution in [1.29, 1.82) is 0 Å². The predicted molar refractivity (Wildman–Crippen MR) is 136 cm³/mol. The molecule has 0 radical (unpaired) electrons. The molecule has 168 valence electrons. The minimum absolute atomic E-state index is 0.00946. The van der Waals surface area contributed by atoms with Crippen LogP contribution in [-0.2, 0) is 0 Å². The van der Waals surface area contributed by atoms with Crippen LogP contribution in [0.1, 0.15) is 5.56 Å². The molecule has 0 spiro atoms. The largest absolute Gasteiger partial charge is 0.507 e. The van der Waals surface area contributed by atoms with E-state index in [-0.39, 0.29) is 11.4 Å². The Bertz CT molecular complexity index is 1800. The first-order chi connectivity index (χ1) is 17.0. The smallest absolute Gasteiger partial charge is 0.270 e. The summed E-state index contributed by atoms with van der Waals surface area (Å²) >= 11 is 0. The summed E-state index contributed by atoms with van der Waals surface area (Å²) in [7, 11) is 0. The molecule has 0 saturated heterocycles. The number of phenols is 1. The highest BCUT2D eigenvalue weighted by Gasteiger charge is 2.12. The first kappa shape index (κ1) is 20.6. The van der Waals surface area contributed by atoms with Gasteiger partial charge in [0.15, 0.2) is 5.58 Å². The first-order valence-corrected chi connectivity index (χ1v) is 10.9. The van der Waals surface area contributed by atoms with Gasteiger partial charge in [0.1, 0.15) is 11.3 Å². The number of hydrogen-bond acceptors (Lipinski definition) is 6. The summed E-state index contributed by atoms with van der Waals surface area (Å²) in [4.78, 5) is 19.8. The third kappa shape index (κ3) is 3.75. The summed E-state index contributed by atoms with van der Waals surface area (Å²) in [6.07, 6.45) is 1.55. The maximum absolute atomic E-state index is 11.1. The van der Waals surface area contributed by atoms with Crippen LogP contribution in [0.3, 0.4) is 0 Å². The summed E-state index contributed by atoms with van der Waals surface area (Å²) in [5, 5.41) is 25.0. The van der Waals surface area contributed by atoms with Gasteiger partial charge in [-0.2, -0.15) is 0 Å². The van der Waals surface area contributed by atoms with Crippen molar-refractivity contribution in [2.45, 2.75) is 0 Å². The number of nitrogens with zero attached hydrogens (tertiary/aromatic N) is 3. The summed E-state index contributed by atoms with van der Waals surface area (Å²) in [6.45, 7) is 0. The summed E-state index contributed by atoms with van der Waals surface area (Å²) < 4.78 is 5.97. The number of phenolic OH excluding ortho intramolecular Hbond substituents is 1. The lowest BCUT2D eigenvalue weighted by molar-refractivity contribution is -0.384. The molecule has 0 aliphatic rings. The van der Waals surface area contributed by atoms with Crippen molar-refractivity contribution in [2.75, 3.05) is 0 Å². The van der Waals surface area contributed by atoms with Crippen LogP contribution in [0, 0.1) is 10.1 Å². The van der Waals surface area contributed by atoms with E-state index in [0.717, 1.165) is 16.3 Å². The molecule has 0 unspecified atom stereocenters. The number of benzene rings is 5. The van der Waals surface area contributed by atoms with Crippen LogP contribution in [0.15, 0.2) is 100 Å². The predicted octanol–water partition coefficient (Wildman–Crippen LogP) is 7.17. The van der Waals surface area contributed by atoms with E-state index < -0.39 is 4.92 Å². The first-order valence-electron chi connectivity index (χ1n) is 10.9. The number of nitro groups is 1. The molecule has 7 heteroatoms. The Labute approximate surface area is 198 Å². The lowest BCUT2D eigenvalue weighted by Crippen LogP contribution is -1.90. The van der Waals surface area contributed by atoms with Gasteiger partial charge in [-0.05, 0) is 64.0 Å². The quantitative estimate of drug-likeness (QED) is 0.171. The lowest BCUT2D eigenvalue weighted by atomic mass is 10.0. The molecule has 7 nitrogen and oxygen atoms in total. The fraction of sp³-hybridized carbons (Fsp3) is 0. The molecule has 1 heterocycles.